The van der Waals surface area contributed by atoms with E-state index in [-0.39, 0.29) is 0 Å². The summed E-state index contributed by atoms with van der Waals surface area (Å²) >= 11 is 0. The summed E-state index contributed by atoms with van der Waals surface area (Å²) in [7, 11) is 0. The first-order valence-electron chi connectivity index (χ1n) is 5.55. The van der Waals surface area contributed by atoms with Crippen LogP contribution in [0.4, 0.5) is 0 Å². The fourth-order valence-corrected chi connectivity index (χ4v) is 1.88. The van der Waals surface area contributed by atoms with E-state index in [1.807, 2.05) is 0 Å². The quantitative estimate of drug-likeness (QED) is 0.466. The molecule has 0 unspecified atom stereocenters. The minimum absolute atomic E-state index is 1.33. The molecule has 0 saturated carbocycles. The van der Waals surface area contributed by atoms with Gasteiger partial charge in [-0.2, -0.15) is 0 Å². The molecule has 0 radical (unpaired) electrons. The van der Waals surface area contributed by atoms with Gasteiger partial charge in [-0.05, 0) is 32.6 Å². The van der Waals surface area contributed by atoms with Gasteiger partial charge in [0.05, 0.1) is 0 Å². The highest BCUT2D eigenvalue weighted by atomic mass is 14.0. The zero-order chi connectivity index (χ0) is 8.65. The molecule has 0 spiro atoms. The van der Waals surface area contributed by atoms with E-state index in [1.54, 1.807) is 5.57 Å². The normalized spacial score (nSPS) is 26.9. The van der Waals surface area contributed by atoms with Crippen molar-refractivity contribution in [3.8, 4) is 0 Å². The van der Waals surface area contributed by atoms with Crippen LogP contribution < -0.4 is 0 Å². The molecule has 1 aliphatic carbocycles. The highest BCUT2D eigenvalue weighted by Crippen LogP contribution is 2.15. The molecule has 12 heavy (non-hydrogen) atoms. The van der Waals surface area contributed by atoms with Crippen LogP contribution in [0.15, 0.2) is 11.6 Å². The Balaban J connectivity index is 2.25. The van der Waals surface area contributed by atoms with Crippen LogP contribution in [0.25, 0.3) is 0 Å². The van der Waals surface area contributed by atoms with Crippen LogP contribution in [0.1, 0.15) is 64.7 Å². The SMILES string of the molecule is C/C1=C/CCCCCCCCC1. The Morgan fingerprint density at radius 1 is 0.833 bits per heavy atom. The van der Waals surface area contributed by atoms with Crippen LogP contribution in [0.5, 0.6) is 0 Å². The van der Waals surface area contributed by atoms with Gasteiger partial charge in [-0.15, -0.1) is 0 Å². The van der Waals surface area contributed by atoms with E-state index in [1.165, 1.54) is 57.8 Å². The van der Waals surface area contributed by atoms with E-state index in [0.29, 0.717) is 0 Å². The fourth-order valence-electron chi connectivity index (χ4n) is 1.88. The summed E-state index contributed by atoms with van der Waals surface area (Å²) in [5.74, 6) is 0. The van der Waals surface area contributed by atoms with E-state index in [9.17, 15) is 0 Å². The number of rotatable bonds is 0. The molecule has 0 aromatic heterocycles. The second kappa shape index (κ2) is 6.28. The minimum atomic E-state index is 1.33. The van der Waals surface area contributed by atoms with Gasteiger partial charge in [0.1, 0.15) is 0 Å². The number of hydrogen-bond donors (Lipinski definition) is 0. The second-order valence-corrected chi connectivity index (χ2v) is 4.06. The molecule has 0 aromatic rings. The Kier molecular flexibility index (Phi) is 5.14. The van der Waals surface area contributed by atoms with Crippen molar-refractivity contribution in [3.05, 3.63) is 11.6 Å². The van der Waals surface area contributed by atoms with Gasteiger partial charge in [0.2, 0.25) is 0 Å². The molecule has 0 fully saturated rings. The van der Waals surface area contributed by atoms with E-state index in [4.69, 9.17) is 0 Å². The third kappa shape index (κ3) is 4.58. The largest absolute Gasteiger partial charge is 0.0856 e. The summed E-state index contributed by atoms with van der Waals surface area (Å²) in [6.07, 6.45) is 15.3. The van der Waals surface area contributed by atoms with Crippen molar-refractivity contribution < 1.29 is 0 Å². The molecule has 0 heterocycles. The van der Waals surface area contributed by atoms with Crippen molar-refractivity contribution in [1.82, 2.24) is 0 Å². The lowest BCUT2D eigenvalue weighted by molar-refractivity contribution is 0.587. The van der Waals surface area contributed by atoms with Gasteiger partial charge < -0.3 is 0 Å². The second-order valence-electron chi connectivity index (χ2n) is 4.06. The average Bonchev–Trinajstić information content (AvgIpc) is 2.11. The maximum absolute atomic E-state index is 2.45. The standard InChI is InChI=1S/C12H22/c1-12-10-8-6-4-2-3-5-7-9-11-12/h10H,2-9,11H2,1H3/b12-10-. The monoisotopic (exact) mass is 166 g/mol. The Morgan fingerprint density at radius 3 is 2.17 bits per heavy atom. The van der Waals surface area contributed by atoms with E-state index in [0.717, 1.165) is 0 Å². The molecule has 1 aliphatic rings. The first-order valence-corrected chi connectivity index (χ1v) is 5.55. The maximum atomic E-state index is 2.45. The van der Waals surface area contributed by atoms with Gasteiger partial charge in [-0.3, -0.25) is 0 Å². The van der Waals surface area contributed by atoms with Gasteiger partial charge in [0, 0.05) is 0 Å². The van der Waals surface area contributed by atoms with E-state index in [2.05, 4.69) is 13.0 Å². The molecule has 0 aromatic carbocycles. The van der Waals surface area contributed by atoms with E-state index < -0.39 is 0 Å². The van der Waals surface area contributed by atoms with Gasteiger partial charge in [0.15, 0.2) is 0 Å². The third-order valence-corrected chi connectivity index (χ3v) is 2.77. The van der Waals surface area contributed by atoms with Crippen LogP contribution in [0.2, 0.25) is 0 Å². The summed E-state index contributed by atoms with van der Waals surface area (Å²) < 4.78 is 0. The average molecular weight is 166 g/mol. The topological polar surface area (TPSA) is 0 Å². The van der Waals surface area contributed by atoms with Crippen molar-refractivity contribution >= 4 is 0 Å². The Morgan fingerprint density at radius 2 is 1.42 bits per heavy atom. The molecule has 0 amide bonds. The summed E-state index contributed by atoms with van der Waals surface area (Å²) in [6, 6.07) is 0. The molecular formula is C12H22. The zero-order valence-electron chi connectivity index (χ0n) is 8.44. The molecule has 0 nitrogen and oxygen atoms in total. The van der Waals surface area contributed by atoms with Crippen molar-refractivity contribution in [3.63, 3.8) is 0 Å². The van der Waals surface area contributed by atoms with E-state index >= 15 is 0 Å². The summed E-state index contributed by atoms with van der Waals surface area (Å²) in [5.41, 5.74) is 1.62. The summed E-state index contributed by atoms with van der Waals surface area (Å²) in [5, 5.41) is 0. The summed E-state index contributed by atoms with van der Waals surface area (Å²) in [6.45, 7) is 2.29. The van der Waals surface area contributed by atoms with Gasteiger partial charge in [-0.1, -0.05) is 43.8 Å². The van der Waals surface area contributed by atoms with Crippen LogP contribution >= 0.6 is 0 Å². The van der Waals surface area contributed by atoms with Crippen molar-refractivity contribution in [2.24, 2.45) is 0 Å². The van der Waals surface area contributed by atoms with Crippen LogP contribution in [0, 0.1) is 0 Å². The van der Waals surface area contributed by atoms with Crippen LogP contribution in [-0.4, -0.2) is 0 Å². The molecular weight excluding hydrogens is 144 g/mol. The van der Waals surface area contributed by atoms with Crippen molar-refractivity contribution in [2.45, 2.75) is 64.7 Å². The highest BCUT2D eigenvalue weighted by Gasteiger charge is 1.95. The molecule has 0 bridgehead atoms. The number of hydrogen-bond acceptors (Lipinski definition) is 0. The molecule has 70 valence electrons. The lowest BCUT2D eigenvalue weighted by atomic mass is 10.1. The zero-order valence-corrected chi connectivity index (χ0v) is 8.44. The maximum Gasteiger partial charge on any atom is -0.0323 e. The van der Waals surface area contributed by atoms with Crippen LogP contribution in [-0.2, 0) is 0 Å². The van der Waals surface area contributed by atoms with Crippen LogP contribution in [0.3, 0.4) is 0 Å². The molecule has 0 aliphatic heterocycles. The lowest BCUT2D eigenvalue weighted by Crippen LogP contribution is -1.79. The first-order chi connectivity index (χ1) is 5.89. The Bertz CT molecular complexity index is 133. The molecule has 0 saturated heterocycles. The van der Waals surface area contributed by atoms with Crippen molar-refractivity contribution in [2.75, 3.05) is 0 Å². The predicted molar refractivity (Wildman–Crippen MR) is 55.3 cm³/mol. The van der Waals surface area contributed by atoms with Gasteiger partial charge in [0.25, 0.3) is 0 Å². The van der Waals surface area contributed by atoms with Gasteiger partial charge in [-0.25, -0.2) is 0 Å². The third-order valence-electron chi connectivity index (χ3n) is 2.77. The first kappa shape index (κ1) is 9.83. The molecule has 0 heteroatoms. The fraction of sp³-hybridized carbons (Fsp3) is 0.833. The Labute approximate surface area is 77.1 Å². The molecule has 1 rings (SSSR count). The smallest absolute Gasteiger partial charge is 0.0323 e. The minimum Gasteiger partial charge on any atom is -0.0856 e. The molecule has 0 atom stereocenters. The highest BCUT2D eigenvalue weighted by molar-refractivity contribution is 4.97. The number of allylic oxidation sites excluding steroid dienone is 2. The lowest BCUT2D eigenvalue weighted by Gasteiger charge is -1.99. The summed E-state index contributed by atoms with van der Waals surface area (Å²) in [4.78, 5) is 0. The predicted octanol–water partition coefficient (Wildman–Crippen LogP) is 4.46. The van der Waals surface area contributed by atoms with Gasteiger partial charge >= 0.3 is 0 Å². The van der Waals surface area contributed by atoms with Crippen molar-refractivity contribution in [1.29, 1.82) is 0 Å². The molecule has 0 N–H and O–H groups in total. The Hall–Kier alpha value is -0.260.